The molecule has 3 rings (SSSR count). The van der Waals surface area contributed by atoms with Crippen LogP contribution >= 0.6 is 0 Å². The molecule has 0 aliphatic rings. The van der Waals surface area contributed by atoms with Gasteiger partial charge in [0.15, 0.2) is 0 Å². The molecule has 0 aliphatic heterocycles. The van der Waals surface area contributed by atoms with Crippen molar-refractivity contribution in [3.8, 4) is 0 Å². The molecule has 4 heteroatoms. The van der Waals surface area contributed by atoms with Crippen LogP contribution in [0, 0.1) is 6.92 Å². The van der Waals surface area contributed by atoms with Crippen LogP contribution in [0.25, 0.3) is 0 Å². The van der Waals surface area contributed by atoms with Gasteiger partial charge < -0.3 is 9.88 Å². The molecule has 0 aliphatic carbocycles. The summed E-state index contributed by atoms with van der Waals surface area (Å²) in [6.45, 7) is 4.07. The lowest BCUT2D eigenvalue weighted by Gasteiger charge is -2.16. The number of hydrogen-bond donors (Lipinski definition) is 1. The topological polar surface area (TPSA) is 46.9 Å². The lowest BCUT2D eigenvalue weighted by Crippen LogP contribution is -2.19. The number of hydrogen-bond acceptors (Lipinski definition) is 2. The van der Waals surface area contributed by atoms with Crippen molar-refractivity contribution < 1.29 is 4.79 Å². The second kappa shape index (κ2) is 6.48. The van der Waals surface area contributed by atoms with Gasteiger partial charge in [0.05, 0.1) is 18.6 Å². The van der Waals surface area contributed by atoms with Gasteiger partial charge in [0.2, 0.25) is 0 Å². The number of aryl methyl sites for hydroxylation is 1. The van der Waals surface area contributed by atoms with Crippen LogP contribution in [0.2, 0.25) is 0 Å². The fraction of sp³-hybridized carbons (Fsp3) is 0.158. The summed E-state index contributed by atoms with van der Waals surface area (Å²) in [5.74, 6) is -0.158. The first kappa shape index (κ1) is 15.0. The van der Waals surface area contributed by atoms with Gasteiger partial charge in [0.25, 0.3) is 5.91 Å². The van der Waals surface area contributed by atoms with Crippen LogP contribution in [0.1, 0.15) is 34.6 Å². The van der Waals surface area contributed by atoms with Crippen molar-refractivity contribution in [2.45, 2.75) is 19.9 Å². The maximum Gasteiger partial charge on any atom is 0.273 e. The highest BCUT2D eigenvalue weighted by Gasteiger charge is 2.17. The molecule has 0 saturated carbocycles. The van der Waals surface area contributed by atoms with E-state index in [1.54, 1.807) is 12.5 Å². The van der Waals surface area contributed by atoms with Crippen LogP contribution in [0.4, 0.5) is 5.69 Å². The van der Waals surface area contributed by atoms with Crippen LogP contribution in [0.3, 0.4) is 0 Å². The fourth-order valence-corrected chi connectivity index (χ4v) is 2.51. The summed E-state index contributed by atoms with van der Waals surface area (Å²) < 4.78 is 1.89. The Hall–Kier alpha value is -2.88. The van der Waals surface area contributed by atoms with Crippen LogP contribution in [-0.4, -0.2) is 15.5 Å². The quantitative estimate of drug-likeness (QED) is 0.790. The molecule has 0 saturated heterocycles. The second-order valence-corrected chi connectivity index (χ2v) is 5.59. The summed E-state index contributed by atoms with van der Waals surface area (Å²) in [7, 11) is 0. The molecule has 1 atom stereocenters. The largest absolute Gasteiger partial charge is 0.321 e. The summed E-state index contributed by atoms with van der Waals surface area (Å²) in [6, 6.07) is 17.8. The summed E-state index contributed by atoms with van der Waals surface area (Å²) in [4.78, 5) is 16.7. The van der Waals surface area contributed by atoms with Gasteiger partial charge in [-0.15, -0.1) is 0 Å². The van der Waals surface area contributed by atoms with Crippen molar-refractivity contribution in [3.63, 3.8) is 0 Å². The van der Waals surface area contributed by atoms with Gasteiger partial charge in [-0.1, -0.05) is 48.0 Å². The first-order valence-electron chi connectivity index (χ1n) is 7.60. The summed E-state index contributed by atoms with van der Waals surface area (Å²) in [5, 5.41) is 2.92. The highest BCUT2D eigenvalue weighted by Crippen LogP contribution is 2.20. The van der Waals surface area contributed by atoms with Crippen LogP contribution in [0.5, 0.6) is 0 Å². The molecule has 23 heavy (non-hydrogen) atoms. The summed E-state index contributed by atoms with van der Waals surface area (Å²) >= 11 is 0. The zero-order chi connectivity index (χ0) is 16.2. The summed E-state index contributed by atoms with van der Waals surface area (Å²) in [5.41, 5.74) is 3.61. The van der Waals surface area contributed by atoms with E-state index in [1.807, 2.05) is 66.1 Å². The Morgan fingerprint density at radius 1 is 1.09 bits per heavy atom. The minimum atomic E-state index is -0.158. The van der Waals surface area contributed by atoms with Crippen molar-refractivity contribution in [1.82, 2.24) is 9.55 Å². The number of anilines is 1. The monoisotopic (exact) mass is 305 g/mol. The molecular weight excluding hydrogens is 286 g/mol. The second-order valence-electron chi connectivity index (χ2n) is 5.59. The molecule has 116 valence electrons. The first-order valence-corrected chi connectivity index (χ1v) is 7.60. The van der Waals surface area contributed by atoms with Crippen molar-refractivity contribution in [2.24, 2.45) is 0 Å². The molecule has 0 bridgehead atoms. The van der Waals surface area contributed by atoms with Gasteiger partial charge in [-0.2, -0.15) is 0 Å². The number of benzene rings is 2. The number of nitrogens with zero attached hydrogens (tertiary/aromatic N) is 2. The molecule has 1 N–H and O–H groups in total. The third-order valence-corrected chi connectivity index (χ3v) is 3.91. The molecule has 2 aromatic carbocycles. The van der Waals surface area contributed by atoms with Crippen molar-refractivity contribution in [1.29, 1.82) is 0 Å². The van der Waals surface area contributed by atoms with E-state index in [0.717, 1.165) is 16.8 Å². The zero-order valence-corrected chi connectivity index (χ0v) is 13.2. The minimum Gasteiger partial charge on any atom is -0.321 e. The Morgan fingerprint density at radius 3 is 2.48 bits per heavy atom. The standard InChI is InChI=1S/C19H19N3O/c1-14-8-10-17(11-9-14)21-19(23)18-12-20-13-22(18)15(2)16-6-4-3-5-7-16/h3-13,15H,1-2H3,(H,21,23)/t15-/m1/s1. The normalized spacial score (nSPS) is 11.9. The van der Waals surface area contributed by atoms with Crippen LogP contribution < -0.4 is 5.32 Å². The highest BCUT2D eigenvalue weighted by atomic mass is 16.2. The summed E-state index contributed by atoms with van der Waals surface area (Å²) in [6.07, 6.45) is 3.30. The Balaban J connectivity index is 1.83. The van der Waals surface area contributed by atoms with E-state index >= 15 is 0 Å². The average molecular weight is 305 g/mol. The number of imidazole rings is 1. The predicted octanol–water partition coefficient (Wildman–Crippen LogP) is 4.05. The zero-order valence-electron chi connectivity index (χ0n) is 13.2. The maximum absolute atomic E-state index is 12.5. The Bertz CT molecular complexity index is 791. The fourth-order valence-electron chi connectivity index (χ4n) is 2.51. The Morgan fingerprint density at radius 2 is 1.78 bits per heavy atom. The Kier molecular flexibility index (Phi) is 4.24. The van der Waals surface area contributed by atoms with Gasteiger partial charge in [0, 0.05) is 5.69 Å². The van der Waals surface area contributed by atoms with E-state index < -0.39 is 0 Å². The molecule has 1 aromatic heterocycles. The van der Waals surface area contributed by atoms with E-state index in [1.165, 1.54) is 0 Å². The number of rotatable bonds is 4. The van der Waals surface area contributed by atoms with E-state index in [4.69, 9.17) is 0 Å². The highest BCUT2D eigenvalue weighted by molar-refractivity contribution is 6.03. The van der Waals surface area contributed by atoms with Gasteiger partial charge >= 0.3 is 0 Å². The number of carbonyl (C=O) groups is 1. The number of aromatic nitrogens is 2. The predicted molar refractivity (Wildman–Crippen MR) is 91.6 cm³/mol. The molecule has 0 radical (unpaired) electrons. The van der Waals surface area contributed by atoms with Crippen LogP contribution in [-0.2, 0) is 0 Å². The smallest absolute Gasteiger partial charge is 0.273 e. The lowest BCUT2D eigenvalue weighted by molar-refractivity contribution is 0.101. The third-order valence-electron chi connectivity index (χ3n) is 3.91. The SMILES string of the molecule is Cc1ccc(NC(=O)c2cncn2[C@H](C)c2ccccc2)cc1. The van der Waals surface area contributed by atoms with Gasteiger partial charge in [-0.25, -0.2) is 4.98 Å². The number of amides is 1. The van der Waals surface area contributed by atoms with Gasteiger partial charge in [-0.05, 0) is 31.5 Å². The van der Waals surface area contributed by atoms with E-state index in [0.29, 0.717) is 5.69 Å². The van der Waals surface area contributed by atoms with E-state index in [2.05, 4.69) is 17.2 Å². The van der Waals surface area contributed by atoms with Crippen molar-refractivity contribution >= 4 is 11.6 Å². The lowest BCUT2D eigenvalue weighted by atomic mass is 10.1. The third kappa shape index (κ3) is 3.31. The van der Waals surface area contributed by atoms with Crippen molar-refractivity contribution in [2.75, 3.05) is 5.32 Å². The van der Waals surface area contributed by atoms with E-state index in [-0.39, 0.29) is 11.9 Å². The molecule has 3 aromatic rings. The molecule has 1 heterocycles. The maximum atomic E-state index is 12.5. The van der Waals surface area contributed by atoms with Gasteiger partial charge in [0.1, 0.15) is 5.69 Å². The molecule has 0 fully saturated rings. The minimum absolute atomic E-state index is 0.0393. The van der Waals surface area contributed by atoms with Crippen molar-refractivity contribution in [3.05, 3.63) is 83.9 Å². The number of carbonyl (C=O) groups excluding carboxylic acids is 1. The molecule has 0 spiro atoms. The molecule has 4 nitrogen and oxygen atoms in total. The van der Waals surface area contributed by atoms with Crippen LogP contribution in [0.15, 0.2) is 67.1 Å². The average Bonchev–Trinajstić information content (AvgIpc) is 3.07. The first-order chi connectivity index (χ1) is 11.1. The van der Waals surface area contributed by atoms with Gasteiger partial charge in [-0.3, -0.25) is 4.79 Å². The molecule has 0 unspecified atom stereocenters. The molecule has 1 amide bonds. The van der Waals surface area contributed by atoms with E-state index in [9.17, 15) is 4.79 Å². The molecular formula is C19H19N3O. The Labute approximate surface area is 135 Å². The number of nitrogens with one attached hydrogen (secondary N) is 1.